The average Bonchev–Trinajstić information content (AvgIpc) is 2.82. The van der Waals surface area contributed by atoms with Gasteiger partial charge in [0.05, 0.1) is 27.1 Å². The van der Waals surface area contributed by atoms with Gasteiger partial charge in [-0.2, -0.15) is 21.9 Å². The van der Waals surface area contributed by atoms with E-state index >= 15 is 0 Å². The standard InChI is InChI=1S/C22H20BrN3O8S2/c1-3-33-21-13-16(14-24-25-35(29,30)18-8-4-15(2)5-9-18)12-20(23)22(21)34-36(31,32)19-10-6-17(7-11-19)26(27)28/h4-14,25H,3H2,1-2H3/b24-14+. The molecule has 0 saturated heterocycles. The number of ether oxygens (including phenoxy) is 1. The molecular weight excluding hydrogens is 578 g/mol. The highest BCUT2D eigenvalue weighted by Crippen LogP contribution is 2.38. The number of nitro groups is 1. The summed E-state index contributed by atoms with van der Waals surface area (Å²) in [5, 5.41) is 14.6. The van der Waals surface area contributed by atoms with E-state index in [1.165, 1.54) is 30.5 Å². The lowest BCUT2D eigenvalue weighted by molar-refractivity contribution is -0.384. The molecule has 1 N–H and O–H groups in total. The van der Waals surface area contributed by atoms with Crippen LogP contribution in [0.5, 0.6) is 11.5 Å². The number of hydrazone groups is 1. The number of benzene rings is 3. The number of aryl methyl sites for hydroxylation is 1. The van der Waals surface area contributed by atoms with Gasteiger partial charge in [-0.05, 0) is 71.7 Å². The number of halogens is 1. The minimum absolute atomic E-state index is 0.0419. The maximum Gasteiger partial charge on any atom is 0.339 e. The third-order valence-corrected chi connectivity index (χ3v) is 7.64. The molecule has 14 heteroatoms. The Morgan fingerprint density at radius 3 is 2.22 bits per heavy atom. The average molecular weight is 598 g/mol. The number of rotatable bonds is 10. The second-order valence-electron chi connectivity index (χ2n) is 7.22. The van der Waals surface area contributed by atoms with Crippen molar-refractivity contribution in [2.45, 2.75) is 23.6 Å². The summed E-state index contributed by atoms with van der Waals surface area (Å²) in [6.45, 7) is 3.68. The Bertz CT molecular complexity index is 1510. The molecule has 0 aliphatic heterocycles. The number of nitro benzene ring substituents is 1. The van der Waals surface area contributed by atoms with E-state index in [-0.39, 0.29) is 38.1 Å². The molecule has 0 aliphatic rings. The van der Waals surface area contributed by atoms with Gasteiger partial charge in [-0.1, -0.05) is 17.7 Å². The predicted molar refractivity (Wildman–Crippen MR) is 135 cm³/mol. The van der Waals surface area contributed by atoms with Crippen LogP contribution in [0.2, 0.25) is 0 Å². The first-order valence-corrected chi connectivity index (χ1v) is 13.9. The normalized spacial score (nSPS) is 11.9. The molecule has 36 heavy (non-hydrogen) atoms. The number of non-ortho nitro benzene ring substituents is 1. The van der Waals surface area contributed by atoms with Gasteiger partial charge in [-0.25, -0.2) is 4.83 Å². The van der Waals surface area contributed by atoms with Crippen molar-refractivity contribution in [1.29, 1.82) is 0 Å². The van der Waals surface area contributed by atoms with E-state index in [0.29, 0.717) is 5.56 Å². The van der Waals surface area contributed by atoms with Crippen LogP contribution in [0, 0.1) is 17.0 Å². The number of nitrogens with one attached hydrogen (secondary N) is 1. The fourth-order valence-electron chi connectivity index (χ4n) is 2.84. The highest BCUT2D eigenvalue weighted by atomic mass is 79.9. The van der Waals surface area contributed by atoms with Gasteiger partial charge in [0.15, 0.2) is 11.5 Å². The predicted octanol–water partition coefficient (Wildman–Crippen LogP) is 4.14. The molecule has 0 heterocycles. The summed E-state index contributed by atoms with van der Waals surface area (Å²) in [5.74, 6) is -0.118. The first-order chi connectivity index (χ1) is 16.9. The van der Waals surface area contributed by atoms with Crippen LogP contribution < -0.4 is 13.8 Å². The number of sulfonamides is 1. The highest BCUT2D eigenvalue weighted by molar-refractivity contribution is 9.10. The van der Waals surface area contributed by atoms with E-state index < -0.39 is 25.1 Å². The van der Waals surface area contributed by atoms with Gasteiger partial charge in [-0.3, -0.25) is 10.1 Å². The first-order valence-electron chi connectivity index (χ1n) is 10.2. The van der Waals surface area contributed by atoms with Crippen LogP contribution >= 0.6 is 15.9 Å². The molecule has 0 atom stereocenters. The Labute approximate surface area is 216 Å². The number of nitrogens with zero attached hydrogens (tertiary/aromatic N) is 2. The molecule has 190 valence electrons. The molecule has 0 fully saturated rings. The SMILES string of the molecule is CCOc1cc(/C=N/NS(=O)(=O)c2ccc(C)cc2)cc(Br)c1OS(=O)(=O)c1ccc([N+](=O)[O-])cc1. The molecule has 0 aromatic heterocycles. The van der Waals surface area contributed by atoms with Crippen LogP contribution in [-0.2, 0) is 20.1 Å². The molecule has 0 aliphatic carbocycles. The molecule has 0 spiro atoms. The van der Waals surface area contributed by atoms with E-state index in [1.807, 2.05) is 6.92 Å². The maximum atomic E-state index is 12.7. The zero-order valence-corrected chi connectivity index (χ0v) is 22.1. The van der Waals surface area contributed by atoms with E-state index in [2.05, 4.69) is 25.9 Å². The van der Waals surface area contributed by atoms with Crippen molar-refractivity contribution < 1.29 is 30.7 Å². The zero-order valence-electron chi connectivity index (χ0n) is 18.9. The smallest absolute Gasteiger partial charge is 0.339 e. The molecule has 0 unspecified atom stereocenters. The molecule has 0 radical (unpaired) electrons. The first kappa shape index (κ1) is 27.1. The summed E-state index contributed by atoms with van der Waals surface area (Å²) in [5.41, 5.74) is 1.01. The second kappa shape index (κ2) is 11.1. The molecule has 0 amide bonds. The summed E-state index contributed by atoms with van der Waals surface area (Å²) >= 11 is 3.24. The minimum atomic E-state index is -4.36. The van der Waals surface area contributed by atoms with Gasteiger partial charge in [0, 0.05) is 12.1 Å². The molecular formula is C22H20BrN3O8S2. The van der Waals surface area contributed by atoms with Gasteiger partial charge >= 0.3 is 10.1 Å². The van der Waals surface area contributed by atoms with E-state index in [0.717, 1.165) is 29.8 Å². The van der Waals surface area contributed by atoms with Crippen LogP contribution in [0.1, 0.15) is 18.1 Å². The van der Waals surface area contributed by atoms with Gasteiger partial charge in [0.2, 0.25) is 0 Å². The summed E-state index contributed by atoms with van der Waals surface area (Å²) in [6.07, 6.45) is 1.22. The van der Waals surface area contributed by atoms with E-state index in [4.69, 9.17) is 8.92 Å². The monoisotopic (exact) mass is 597 g/mol. The van der Waals surface area contributed by atoms with Crippen molar-refractivity contribution in [2.75, 3.05) is 6.61 Å². The lowest BCUT2D eigenvalue weighted by Crippen LogP contribution is -2.18. The van der Waals surface area contributed by atoms with Gasteiger partial charge < -0.3 is 8.92 Å². The summed E-state index contributed by atoms with van der Waals surface area (Å²) in [7, 11) is -8.25. The van der Waals surface area contributed by atoms with Crippen LogP contribution in [0.3, 0.4) is 0 Å². The third-order valence-electron chi connectivity index (χ3n) is 4.58. The topological polar surface area (TPSA) is 154 Å². The van der Waals surface area contributed by atoms with Gasteiger partial charge in [0.25, 0.3) is 15.7 Å². The van der Waals surface area contributed by atoms with Crippen LogP contribution in [0.4, 0.5) is 5.69 Å². The largest absolute Gasteiger partial charge is 0.490 e. The van der Waals surface area contributed by atoms with Crippen molar-refractivity contribution in [1.82, 2.24) is 4.83 Å². The quantitative estimate of drug-likeness (QED) is 0.158. The minimum Gasteiger partial charge on any atom is -0.490 e. The fraction of sp³-hybridized carbons (Fsp3) is 0.136. The van der Waals surface area contributed by atoms with Gasteiger partial charge in [0.1, 0.15) is 4.90 Å². The van der Waals surface area contributed by atoms with Crippen molar-refractivity contribution in [3.63, 3.8) is 0 Å². The highest BCUT2D eigenvalue weighted by Gasteiger charge is 2.23. The Kier molecular flexibility index (Phi) is 8.32. The Hall–Kier alpha value is -3.49. The Morgan fingerprint density at radius 1 is 1.03 bits per heavy atom. The molecule has 0 saturated carbocycles. The third kappa shape index (κ3) is 6.59. The van der Waals surface area contributed by atoms with Crippen LogP contribution in [0.15, 0.2) is 80.0 Å². The zero-order chi connectivity index (χ0) is 26.5. The van der Waals surface area contributed by atoms with Crippen LogP contribution in [-0.4, -0.2) is 34.6 Å². The lowest BCUT2D eigenvalue weighted by atomic mass is 10.2. The number of hydrogen-bond acceptors (Lipinski definition) is 9. The number of hydrogen-bond donors (Lipinski definition) is 1. The van der Waals surface area contributed by atoms with E-state index in [9.17, 15) is 26.9 Å². The van der Waals surface area contributed by atoms with Gasteiger partial charge in [-0.15, -0.1) is 0 Å². The Balaban J connectivity index is 1.85. The second-order valence-corrected chi connectivity index (χ2v) is 11.3. The molecule has 0 bridgehead atoms. The summed E-state index contributed by atoms with van der Waals surface area (Å²) < 4.78 is 61.2. The van der Waals surface area contributed by atoms with Crippen molar-refractivity contribution in [2.24, 2.45) is 5.10 Å². The van der Waals surface area contributed by atoms with Crippen molar-refractivity contribution >= 4 is 48.0 Å². The van der Waals surface area contributed by atoms with E-state index in [1.54, 1.807) is 19.1 Å². The fourth-order valence-corrected chi connectivity index (χ4v) is 5.24. The van der Waals surface area contributed by atoms with Crippen molar-refractivity contribution in [3.8, 4) is 11.5 Å². The van der Waals surface area contributed by atoms with Crippen LogP contribution in [0.25, 0.3) is 0 Å². The van der Waals surface area contributed by atoms with Crippen molar-refractivity contribution in [3.05, 3.63) is 86.4 Å². The molecule has 3 aromatic rings. The molecule has 11 nitrogen and oxygen atoms in total. The summed E-state index contributed by atoms with van der Waals surface area (Å²) in [4.78, 5) is 12.0. The maximum absolute atomic E-state index is 12.7. The Morgan fingerprint density at radius 2 is 1.64 bits per heavy atom. The molecule has 3 rings (SSSR count). The summed E-state index contributed by atoms with van der Waals surface area (Å²) in [6, 6.07) is 13.3. The molecule has 3 aromatic carbocycles. The lowest BCUT2D eigenvalue weighted by Gasteiger charge is -2.14.